The van der Waals surface area contributed by atoms with Gasteiger partial charge in [0.15, 0.2) is 0 Å². The molecule has 1 aromatic rings. The van der Waals surface area contributed by atoms with E-state index in [0.29, 0.717) is 6.42 Å². The zero-order chi connectivity index (χ0) is 14.4. The van der Waals surface area contributed by atoms with Gasteiger partial charge in [0.2, 0.25) is 5.91 Å². The average Bonchev–Trinajstić information content (AvgIpc) is 2.98. The molecule has 1 aliphatic heterocycles. The Morgan fingerprint density at radius 2 is 2.00 bits per heavy atom. The van der Waals surface area contributed by atoms with Crippen molar-refractivity contribution in [2.75, 3.05) is 20.2 Å². The Morgan fingerprint density at radius 1 is 1.30 bits per heavy atom. The third-order valence-corrected chi connectivity index (χ3v) is 3.99. The molecule has 1 atom stereocenters. The summed E-state index contributed by atoms with van der Waals surface area (Å²) < 4.78 is 5.57. The highest BCUT2D eigenvalue weighted by molar-refractivity contribution is 5.76. The van der Waals surface area contributed by atoms with Crippen molar-refractivity contribution in [3.05, 3.63) is 35.4 Å². The molecule has 110 valence electrons. The lowest BCUT2D eigenvalue weighted by Gasteiger charge is -2.20. The number of amides is 1. The Balaban J connectivity index is 1.75. The normalized spacial score (nSPS) is 18.2. The van der Waals surface area contributed by atoms with Gasteiger partial charge in [0.1, 0.15) is 0 Å². The molecule has 0 saturated carbocycles. The van der Waals surface area contributed by atoms with Crippen LogP contribution in [0.1, 0.15) is 37.3 Å². The molecule has 0 bridgehead atoms. The Bertz CT molecular complexity index is 421. The van der Waals surface area contributed by atoms with E-state index in [1.165, 1.54) is 11.1 Å². The molecule has 0 spiro atoms. The molecule has 0 aliphatic carbocycles. The highest BCUT2D eigenvalue weighted by atomic mass is 16.5. The van der Waals surface area contributed by atoms with Crippen LogP contribution in [0.15, 0.2) is 24.3 Å². The first kappa shape index (κ1) is 15.0. The standard InChI is InChI=1S/C17H25NO2/c1-3-14-6-8-15(9-7-14)10-11-17(19)18(2)13-16-5-4-12-20-16/h6-9,16H,3-5,10-13H2,1-2H3. The second kappa shape index (κ2) is 7.44. The molecular weight excluding hydrogens is 250 g/mol. The van der Waals surface area contributed by atoms with Crippen molar-refractivity contribution >= 4 is 5.91 Å². The van der Waals surface area contributed by atoms with Gasteiger partial charge in [-0.3, -0.25) is 4.79 Å². The van der Waals surface area contributed by atoms with Crippen LogP contribution in [0.3, 0.4) is 0 Å². The van der Waals surface area contributed by atoms with Gasteiger partial charge in [0.25, 0.3) is 0 Å². The van der Waals surface area contributed by atoms with Crippen molar-refractivity contribution in [1.82, 2.24) is 4.90 Å². The second-order valence-corrected chi connectivity index (χ2v) is 5.58. The SMILES string of the molecule is CCc1ccc(CCC(=O)N(C)CC2CCCO2)cc1. The number of likely N-dealkylation sites (N-methyl/N-ethyl adjacent to an activating group) is 1. The summed E-state index contributed by atoms with van der Waals surface area (Å²) >= 11 is 0. The first-order valence-electron chi connectivity index (χ1n) is 7.62. The minimum Gasteiger partial charge on any atom is -0.376 e. The average molecular weight is 275 g/mol. The fourth-order valence-electron chi connectivity index (χ4n) is 2.58. The Morgan fingerprint density at radius 3 is 2.60 bits per heavy atom. The minimum absolute atomic E-state index is 0.208. The number of aryl methyl sites for hydroxylation is 2. The van der Waals surface area contributed by atoms with Gasteiger partial charge in [-0.05, 0) is 36.8 Å². The van der Waals surface area contributed by atoms with E-state index in [1.807, 2.05) is 11.9 Å². The van der Waals surface area contributed by atoms with Gasteiger partial charge in [-0.25, -0.2) is 0 Å². The van der Waals surface area contributed by atoms with Crippen molar-refractivity contribution in [2.45, 2.75) is 45.1 Å². The quantitative estimate of drug-likeness (QED) is 0.799. The molecule has 0 N–H and O–H groups in total. The molecule has 1 fully saturated rings. The Labute approximate surface area is 121 Å². The van der Waals surface area contributed by atoms with E-state index in [0.717, 1.165) is 38.8 Å². The highest BCUT2D eigenvalue weighted by Crippen LogP contribution is 2.14. The number of ether oxygens (including phenoxy) is 1. The molecule has 2 rings (SSSR count). The fraction of sp³-hybridized carbons (Fsp3) is 0.588. The predicted octanol–water partition coefficient (Wildman–Crippen LogP) is 2.82. The number of carbonyl (C=O) groups is 1. The van der Waals surface area contributed by atoms with Crippen LogP contribution in [0.5, 0.6) is 0 Å². The van der Waals surface area contributed by atoms with Gasteiger partial charge >= 0.3 is 0 Å². The third-order valence-electron chi connectivity index (χ3n) is 3.99. The lowest BCUT2D eigenvalue weighted by molar-refractivity contribution is -0.131. The van der Waals surface area contributed by atoms with Crippen LogP contribution in [0.4, 0.5) is 0 Å². The predicted molar refractivity (Wildman–Crippen MR) is 80.8 cm³/mol. The van der Waals surface area contributed by atoms with E-state index in [2.05, 4.69) is 31.2 Å². The van der Waals surface area contributed by atoms with Crippen molar-refractivity contribution in [3.8, 4) is 0 Å². The molecule has 0 radical (unpaired) electrons. The molecule has 0 aromatic heterocycles. The van der Waals surface area contributed by atoms with Crippen molar-refractivity contribution in [2.24, 2.45) is 0 Å². The van der Waals surface area contributed by atoms with Crippen molar-refractivity contribution in [3.63, 3.8) is 0 Å². The molecule has 20 heavy (non-hydrogen) atoms. The maximum absolute atomic E-state index is 12.1. The molecule has 1 aromatic carbocycles. The van der Waals surface area contributed by atoms with Gasteiger partial charge in [0, 0.05) is 26.6 Å². The number of benzene rings is 1. The number of hydrogen-bond acceptors (Lipinski definition) is 2. The summed E-state index contributed by atoms with van der Waals surface area (Å²) in [6, 6.07) is 8.56. The summed E-state index contributed by atoms with van der Waals surface area (Å²) in [5.74, 6) is 0.208. The molecule has 1 aliphatic rings. The first-order valence-corrected chi connectivity index (χ1v) is 7.62. The van der Waals surface area contributed by atoms with Crippen LogP contribution in [-0.2, 0) is 22.4 Å². The van der Waals surface area contributed by atoms with E-state index in [9.17, 15) is 4.79 Å². The highest BCUT2D eigenvalue weighted by Gasteiger charge is 2.19. The van der Waals surface area contributed by atoms with Crippen LogP contribution in [0.2, 0.25) is 0 Å². The number of nitrogens with zero attached hydrogens (tertiary/aromatic N) is 1. The lowest BCUT2D eigenvalue weighted by atomic mass is 10.1. The summed E-state index contributed by atoms with van der Waals surface area (Å²) in [6.07, 6.45) is 4.90. The monoisotopic (exact) mass is 275 g/mol. The van der Waals surface area contributed by atoms with Crippen LogP contribution in [0.25, 0.3) is 0 Å². The molecule has 3 heteroatoms. The molecular formula is C17H25NO2. The van der Waals surface area contributed by atoms with Gasteiger partial charge in [-0.2, -0.15) is 0 Å². The smallest absolute Gasteiger partial charge is 0.222 e. The zero-order valence-electron chi connectivity index (χ0n) is 12.6. The van der Waals surface area contributed by atoms with Crippen LogP contribution in [0, 0.1) is 0 Å². The van der Waals surface area contributed by atoms with E-state index >= 15 is 0 Å². The van der Waals surface area contributed by atoms with E-state index in [1.54, 1.807) is 0 Å². The molecule has 1 amide bonds. The van der Waals surface area contributed by atoms with Crippen LogP contribution < -0.4 is 0 Å². The first-order chi connectivity index (χ1) is 9.69. The summed E-state index contributed by atoms with van der Waals surface area (Å²) in [5, 5.41) is 0. The van der Waals surface area contributed by atoms with E-state index in [-0.39, 0.29) is 12.0 Å². The van der Waals surface area contributed by atoms with Gasteiger partial charge in [-0.1, -0.05) is 31.2 Å². The summed E-state index contributed by atoms with van der Waals surface area (Å²) in [4.78, 5) is 13.9. The minimum atomic E-state index is 0.208. The van der Waals surface area contributed by atoms with E-state index in [4.69, 9.17) is 4.74 Å². The van der Waals surface area contributed by atoms with E-state index < -0.39 is 0 Å². The van der Waals surface area contributed by atoms with Crippen LogP contribution in [-0.4, -0.2) is 37.1 Å². The molecule has 1 heterocycles. The summed E-state index contributed by atoms with van der Waals surface area (Å²) in [6.45, 7) is 3.72. The fourth-order valence-corrected chi connectivity index (χ4v) is 2.58. The Hall–Kier alpha value is -1.35. The topological polar surface area (TPSA) is 29.5 Å². The largest absolute Gasteiger partial charge is 0.376 e. The maximum atomic E-state index is 12.1. The summed E-state index contributed by atoms with van der Waals surface area (Å²) in [7, 11) is 1.88. The second-order valence-electron chi connectivity index (χ2n) is 5.58. The third kappa shape index (κ3) is 4.34. The zero-order valence-corrected chi connectivity index (χ0v) is 12.6. The molecule has 1 unspecified atom stereocenters. The molecule has 3 nitrogen and oxygen atoms in total. The number of rotatable bonds is 6. The van der Waals surface area contributed by atoms with Crippen LogP contribution >= 0.6 is 0 Å². The lowest BCUT2D eigenvalue weighted by Crippen LogP contribution is -2.34. The number of carbonyl (C=O) groups excluding carboxylic acids is 1. The Kier molecular flexibility index (Phi) is 5.60. The van der Waals surface area contributed by atoms with Gasteiger partial charge < -0.3 is 9.64 Å². The molecule has 1 saturated heterocycles. The number of hydrogen-bond donors (Lipinski definition) is 0. The van der Waals surface area contributed by atoms with Gasteiger partial charge in [-0.15, -0.1) is 0 Å². The van der Waals surface area contributed by atoms with Gasteiger partial charge in [0.05, 0.1) is 6.10 Å². The maximum Gasteiger partial charge on any atom is 0.222 e. The van der Waals surface area contributed by atoms with Crippen molar-refractivity contribution < 1.29 is 9.53 Å². The van der Waals surface area contributed by atoms with Crippen molar-refractivity contribution in [1.29, 1.82) is 0 Å². The summed E-state index contributed by atoms with van der Waals surface area (Å²) in [5.41, 5.74) is 2.58.